The van der Waals surface area contributed by atoms with Gasteiger partial charge in [-0.05, 0) is 23.1 Å². The third-order valence-electron chi connectivity index (χ3n) is 2.98. The lowest BCUT2D eigenvalue weighted by molar-refractivity contribution is -0.141. The maximum atomic E-state index is 13.1. The van der Waals surface area contributed by atoms with Crippen LogP contribution < -0.4 is 0 Å². The number of aromatic nitrogens is 2. The Morgan fingerprint density at radius 1 is 1.00 bits per heavy atom. The molecule has 3 rings (SSSR count). The fourth-order valence-electron chi connectivity index (χ4n) is 1.91. The number of alkyl halides is 3. The molecule has 0 spiro atoms. The monoisotopic (exact) mass is 352 g/mol. The fourth-order valence-corrected chi connectivity index (χ4v) is 3.41. The van der Waals surface area contributed by atoms with Gasteiger partial charge in [-0.1, -0.05) is 48.2 Å². The van der Waals surface area contributed by atoms with Gasteiger partial charge in [0.2, 0.25) is 0 Å². The van der Waals surface area contributed by atoms with Crippen LogP contribution in [0.25, 0.3) is 10.6 Å². The van der Waals surface area contributed by atoms with Crippen LogP contribution in [0.2, 0.25) is 0 Å². The average Bonchev–Trinajstić information content (AvgIpc) is 3.07. The Hall–Kier alpha value is -1.86. The van der Waals surface area contributed by atoms with Gasteiger partial charge >= 0.3 is 6.18 Å². The van der Waals surface area contributed by atoms with E-state index in [1.54, 1.807) is 12.1 Å². The molecule has 0 atom stereocenters. The van der Waals surface area contributed by atoms with Gasteiger partial charge in [-0.25, -0.2) is 9.97 Å². The predicted molar refractivity (Wildman–Crippen MR) is 86.4 cm³/mol. The summed E-state index contributed by atoms with van der Waals surface area (Å²) in [6.45, 7) is 0. The molecule has 0 radical (unpaired) electrons. The number of halogens is 3. The summed E-state index contributed by atoms with van der Waals surface area (Å²) in [7, 11) is 0. The van der Waals surface area contributed by atoms with Crippen molar-refractivity contribution in [3.05, 3.63) is 65.2 Å². The summed E-state index contributed by atoms with van der Waals surface area (Å²) in [6, 6.07) is 14.0. The first-order valence-electron chi connectivity index (χ1n) is 6.69. The van der Waals surface area contributed by atoms with E-state index in [1.807, 2.05) is 35.7 Å². The molecule has 0 saturated carbocycles. The van der Waals surface area contributed by atoms with Crippen molar-refractivity contribution in [3.63, 3.8) is 0 Å². The van der Waals surface area contributed by atoms with E-state index in [1.165, 1.54) is 23.1 Å². The summed E-state index contributed by atoms with van der Waals surface area (Å²) < 4.78 is 39.2. The summed E-state index contributed by atoms with van der Waals surface area (Å²) in [6.07, 6.45) is -4.49. The first kappa shape index (κ1) is 16.0. The maximum Gasteiger partial charge on any atom is 0.433 e. The molecular weight excluding hydrogens is 341 g/mol. The van der Waals surface area contributed by atoms with Crippen LogP contribution in [0.15, 0.2) is 59.1 Å². The van der Waals surface area contributed by atoms with Gasteiger partial charge < -0.3 is 0 Å². The molecule has 2 nitrogen and oxygen atoms in total. The maximum absolute atomic E-state index is 13.1. The summed E-state index contributed by atoms with van der Waals surface area (Å²) in [5, 5.41) is 1.94. The Morgan fingerprint density at radius 2 is 1.78 bits per heavy atom. The zero-order valence-electron chi connectivity index (χ0n) is 11.7. The van der Waals surface area contributed by atoms with Crippen molar-refractivity contribution in [2.45, 2.75) is 17.1 Å². The number of hydrogen-bond acceptors (Lipinski definition) is 4. The minimum atomic E-state index is -4.49. The van der Waals surface area contributed by atoms with E-state index < -0.39 is 11.9 Å². The molecule has 1 aromatic carbocycles. The lowest BCUT2D eigenvalue weighted by Crippen LogP contribution is -2.10. The van der Waals surface area contributed by atoms with Crippen molar-refractivity contribution in [2.75, 3.05) is 0 Å². The Labute approximate surface area is 139 Å². The van der Waals surface area contributed by atoms with Gasteiger partial charge in [0, 0.05) is 5.75 Å². The number of rotatable bonds is 4. The third kappa shape index (κ3) is 4.11. The molecule has 118 valence electrons. The summed E-state index contributed by atoms with van der Waals surface area (Å²) >= 11 is 2.55. The van der Waals surface area contributed by atoms with Gasteiger partial charge in [-0.2, -0.15) is 13.2 Å². The van der Waals surface area contributed by atoms with E-state index in [0.29, 0.717) is 16.3 Å². The zero-order chi connectivity index (χ0) is 16.3. The van der Waals surface area contributed by atoms with Crippen molar-refractivity contribution in [3.8, 4) is 10.6 Å². The van der Waals surface area contributed by atoms with Crippen molar-refractivity contribution < 1.29 is 13.2 Å². The topological polar surface area (TPSA) is 25.8 Å². The first-order valence-corrected chi connectivity index (χ1v) is 8.56. The van der Waals surface area contributed by atoms with E-state index in [-0.39, 0.29) is 5.16 Å². The Balaban J connectivity index is 1.91. The van der Waals surface area contributed by atoms with Crippen molar-refractivity contribution >= 4 is 23.1 Å². The molecule has 0 N–H and O–H groups in total. The van der Waals surface area contributed by atoms with Crippen LogP contribution in [0.5, 0.6) is 0 Å². The van der Waals surface area contributed by atoms with Crippen LogP contribution >= 0.6 is 23.1 Å². The number of thiophene rings is 1. The number of nitrogens with zero attached hydrogens (tertiary/aromatic N) is 2. The standard InChI is InChI=1S/C16H11F3N2S2/c17-16(18,19)14-9-12(13-7-4-8-22-13)20-15(21-14)23-10-11-5-2-1-3-6-11/h1-9H,10H2. The van der Waals surface area contributed by atoms with Crippen LogP contribution in [0.1, 0.15) is 11.3 Å². The van der Waals surface area contributed by atoms with E-state index in [4.69, 9.17) is 0 Å². The summed E-state index contributed by atoms with van der Waals surface area (Å²) in [5.41, 5.74) is 0.403. The number of benzene rings is 1. The third-order valence-corrected chi connectivity index (χ3v) is 4.79. The number of thioether (sulfide) groups is 1. The highest BCUT2D eigenvalue weighted by Gasteiger charge is 2.33. The molecule has 0 unspecified atom stereocenters. The highest BCUT2D eigenvalue weighted by molar-refractivity contribution is 7.98. The molecule has 2 heterocycles. The predicted octanol–water partition coefficient (Wildman–Crippen LogP) is 5.52. The van der Waals surface area contributed by atoms with Gasteiger partial charge in [0.05, 0.1) is 10.6 Å². The lowest BCUT2D eigenvalue weighted by atomic mass is 10.2. The second kappa shape index (κ2) is 6.72. The van der Waals surface area contributed by atoms with Crippen molar-refractivity contribution in [1.29, 1.82) is 0 Å². The van der Waals surface area contributed by atoms with Crippen LogP contribution in [0.3, 0.4) is 0 Å². The first-order chi connectivity index (χ1) is 11.0. The van der Waals surface area contributed by atoms with Crippen LogP contribution in [0, 0.1) is 0 Å². The average molecular weight is 352 g/mol. The molecule has 0 aliphatic heterocycles. The Bertz CT molecular complexity index is 772. The lowest BCUT2D eigenvalue weighted by Gasteiger charge is -2.09. The minimum Gasteiger partial charge on any atom is -0.222 e. The van der Waals surface area contributed by atoms with Crippen LogP contribution in [-0.4, -0.2) is 9.97 Å². The van der Waals surface area contributed by atoms with Gasteiger partial charge in [-0.15, -0.1) is 11.3 Å². The SMILES string of the molecule is FC(F)(F)c1cc(-c2cccs2)nc(SCc2ccccc2)n1. The second-order valence-corrected chi connectivity index (χ2v) is 6.56. The number of hydrogen-bond donors (Lipinski definition) is 0. The molecule has 2 aromatic heterocycles. The van der Waals surface area contributed by atoms with Gasteiger partial charge in [-0.3, -0.25) is 0 Å². The Kier molecular flexibility index (Phi) is 4.68. The van der Waals surface area contributed by atoms with Gasteiger partial charge in [0.25, 0.3) is 0 Å². The molecule has 0 bridgehead atoms. The molecule has 0 amide bonds. The molecule has 0 fully saturated rings. The Morgan fingerprint density at radius 3 is 2.43 bits per heavy atom. The van der Waals surface area contributed by atoms with E-state index in [0.717, 1.165) is 11.6 Å². The summed E-state index contributed by atoms with van der Waals surface area (Å²) in [4.78, 5) is 8.62. The van der Waals surface area contributed by atoms with E-state index in [9.17, 15) is 13.2 Å². The molecule has 0 aliphatic carbocycles. The van der Waals surface area contributed by atoms with Crippen LogP contribution in [0.4, 0.5) is 13.2 Å². The largest absolute Gasteiger partial charge is 0.433 e. The molecule has 23 heavy (non-hydrogen) atoms. The second-order valence-electron chi connectivity index (χ2n) is 4.67. The fraction of sp³-hybridized carbons (Fsp3) is 0.125. The van der Waals surface area contributed by atoms with Crippen molar-refractivity contribution in [2.24, 2.45) is 0 Å². The smallest absolute Gasteiger partial charge is 0.222 e. The minimum absolute atomic E-state index is 0.132. The zero-order valence-corrected chi connectivity index (χ0v) is 13.4. The normalized spacial score (nSPS) is 11.6. The quantitative estimate of drug-likeness (QED) is 0.457. The highest BCUT2D eigenvalue weighted by Crippen LogP contribution is 2.33. The molecular formula is C16H11F3N2S2. The summed E-state index contributed by atoms with van der Waals surface area (Å²) in [5.74, 6) is 0.520. The van der Waals surface area contributed by atoms with Crippen molar-refractivity contribution in [1.82, 2.24) is 9.97 Å². The molecule has 0 aliphatic rings. The molecule has 3 aromatic rings. The molecule has 7 heteroatoms. The van der Waals surface area contributed by atoms with E-state index in [2.05, 4.69) is 9.97 Å². The van der Waals surface area contributed by atoms with Crippen LogP contribution in [-0.2, 0) is 11.9 Å². The molecule has 0 saturated heterocycles. The van der Waals surface area contributed by atoms with Gasteiger partial charge in [0.15, 0.2) is 5.16 Å². The highest BCUT2D eigenvalue weighted by atomic mass is 32.2. The van der Waals surface area contributed by atoms with Gasteiger partial charge in [0.1, 0.15) is 5.69 Å². The van der Waals surface area contributed by atoms with E-state index >= 15 is 0 Å².